The summed E-state index contributed by atoms with van der Waals surface area (Å²) in [5.41, 5.74) is -0.640. The fourth-order valence-corrected chi connectivity index (χ4v) is 1.65. The highest BCUT2D eigenvalue weighted by molar-refractivity contribution is 5.02. The van der Waals surface area contributed by atoms with Crippen LogP contribution in [0.25, 0.3) is 0 Å². The van der Waals surface area contributed by atoms with Crippen molar-refractivity contribution in [2.45, 2.75) is 32.1 Å². The molecule has 8 heteroatoms. The molecule has 0 amide bonds. The lowest BCUT2D eigenvalue weighted by atomic mass is 10.2. The van der Waals surface area contributed by atoms with E-state index in [1.54, 1.807) is 0 Å². The summed E-state index contributed by atoms with van der Waals surface area (Å²) in [6.45, 7) is 1.42. The third-order valence-electron chi connectivity index (χ3n) is 2.79. The van der Waals surface area contributed by atoms with Crippen molar-refractivity contribution < 1.29 is 13.2 Å². The SMILES string of the molecule is CC(CC(F)(F)F)NCc1cc(=O)n(C)c(=O)n1C. The summed E-state index contributed by atoms with van der Waals surface area (Å²) < 4.78 is 38.6. The largest absolute Gasteiger partial charge is 0.390 e. The van der Waals surface area contributed by atoms with E-state index in [1.807, 2.05) is 0 Å². The van der Waals surface area contributed by atoms with Crippen LogP contribution in [0.1, 0.15) is 19.0 Å². The summed E-state index contributed by atoms with van der Waals surface area (Å²) in [6, 6.07) is 0.438. The van der Waals surface area contributed by atoms with Crippen LogP contribution in [0.5, 0.6) is 0 Å². The number of nitrogens with zero attached hydrogens (tertiary/aromatic N) is 2. The highest BCUT2D eigenvalue weighted by atomic mass is 19.4. The Balaban J connectivity index is 2.80. The number of hydrogen-bond acceptors (Lipinski definition) is 3. The van der Waals surface area contributed by atoms with Crippen molar-refractivity contribution in [1.82, 2.24) is 14.5 Å². The molecule has 0 spiro atoms. The molecule has 0 aromatic carbocycles. The van der Waals surface area contributed by atoms with Gasteiger partial charge in [-0.2, -0.15) is 13.2 Å². The number of nitrogens with one attached hydrogen (secondary N) is 1. The Bertz CT molecular complexity index is 560. The predicted octanol–water partition coefficient (Wildman–Crippen LogP) is 0.514. The highest BCUT2D eigenvalue weighted by Crippen LogP contribution is 2.21. The van der Waals surface area contributed by atoms with Gasteiger partial charge in [0.1, 0.15) is 0 Å². The zero-order chi connectivity index (χ0) is 14.8. The van der Waals surface area contributed by atoms with Crippen molar-refractivity contribution in [3.63, 3.8) is 0 Å². The molecule has 0 saturated heterocycles. The maximum atomic E-state index is 12.1. The Kier molecular flexibility index (Phi) is 4.56. The predicted molar refractivity (Wildman–Crippen MR) is 63.9 cm³/mol. The zero-order valence-electron chi connectivity index (χ0n) is 10.9. The first-order chi connectivity index (χ1) is 8.61. The number of alkyl halides is 3. The van der Waals surface area contributed by atoms with Crippen LogP contribution in [0.2, 0.25) is 0 Å². The second-order valence-electron chi connectivity index (χ2n) is 4.48. The zero-order valence-corrected chi connectivity index (χ0v) is 10.9. The van der Waals surface area contributed by atoms with Crippen LogP contribution in [-0.2, 0) is 20.6 Å². The van der Waals surface area contributed by atoms with E-state index in [-0.39, 0.29) is 6.54 Å². The van der Waals surface area contributed by atoms with Gasteiger partial charge in [0.2, 0.25) is 0 Å². The fourth-order valence-electron chi connectivity index (χ4n) is 1.65. The Hall–Kier alpha value is -1.57. The Morgan fingerprint density at radius 1 is 1.26 bits per heavy atom. The molecule has 0 radical (unpaired) electrons. The first-order valence-corrected chi connectivity index (χ1v) is 5.68. The monoisotopic (exact) mass is 279 g/mol. The minimum atomic E-state index is -4.24. The molecule has 108 valence electrons. The normalized spacial score (nSPS) is 13.6. The second-order valence-corrected chi connectivity index (χ2v) is 4.48. The summed E-state index contributed by atoms with van der Waals surface area (Å²) in [6.07, 6.45) is -5.21. The van der Waals surface area contributed by atoms with Gasteiger partial charge in [0.15, 0.2) is 0 Å². The molecule has 0 aliphatic heterocycles. The first-order valence-electron chi connectivity index (χ1n) is 5.68. The van der Waals surface area contributed by atoms with Gasteiger partial charge in [-0.25, -0.2) is 4.79 Å². The number of aromatic nitrogens is 2. The van der Waals surface area contributed by atoms with Crippen LogP contribution < -0.4 is 16.6 Å². The maximum absolute atomic E-state index is 12.1. The Labute approximate surface area is 107 Å². The van der Waals surface area contributed by atoms with E-state index < -0.39 is 29.9 Å². The molecule has 0 saturated carbocycles. The number of hydrogen-bond donors (Lipinski definition) is 1. The standard InChI is InChI=1S/C11H16F3N3O2/c1-7(5-11(12,13)14)15-6-8-4-9(18)17(3)10(19)16(8)2/h4,7,15H,5-6H2,1-3H3. The molecule has 0 aliphatic carbocycles. The van der Waals surface area contributed by atoms with Crippen molar-refractivity contribution in [3.05, 3.63) is 32.6 Å². The Morgan fingerprint density at radius 3 is 2.37 bits per heavy atom. The molecular weight excluding hydrogens is 263 g/mol. The summed E-state index contributed by atoms with van der Waals surface area (Å²) in [5.74, 6) is 0. The van der Waals surface area contributed by atoms with Gasteiger partial charge in [0.25, 0.3) is 5.56 Å². The quantitative estimate of drug-likeness (QED) is 0.874. The van der Waals surface area contributed by atoms with E-state index in [4.69, 9.17) is 0 Å². The van der Waals surface area contributed by atoms with Crippen molar-refractivity contribution in [3.8, 4) is 0 Å². The average molecular weight is 279 g/mol. The Morgan fingerprint density at radius 2 is 1.84 bits per heavy atom. The summed E-state index contributed by atoms with van der Waals surface area (Å²) in [5, 5.41) is 2.64. The van der Waals surface area contributed by atoms with Crippen molar-refractivity contribution in [2.75, 3.05) is 0 Å². The first kappa shape index (κ1) is 15.5. The lowest BCUT2D eigenvalue weighted by Gasteiger charge is -2.17. The van der Waals surface area contributed by atoms with Gasteiger partial charge in [-0.15, -0.1) is 0 Å². The summed E-state index contributed by atoms with van der Waals surface area (Å²) in [4.78, 5) is 23.0. The van der Waals surface area contributed by atoms with Gasteiger partial charge < -0.3 is 5.32 Å². The highest BCUT2D eigenvalue weighted by Gasteiger charge is 2.29. The van der Waals surface area contributed by atoms with Crippen LogP contribution >= 0.6 is 0 Å². The van der Waals surface area contributed by atoms with Gasteiger partial charge in [0, 0.05) is 38.4 Å². The van der Waals surface area contributed by atoms with Crippen LogP contribution in [0.15, 0.2) is 15.7 Å². The van der Waals surface area contributed by atoms with Gasteiger partial charge >= 0.3 is 11.9 Å². The molecule has 1 aromatic heterocycles. The third kappa shape index (κ3) is 4.23. The average Bonchev–Trinajstić information content (AvgIpc) is 2.27. The van der Waals surface area contributed by atoms with Crippen LogP contribution in [0, 0.1) is 0 Å². The molecule has 1 atom stereocenters. The van der Waals surface area contributed by atoms with E-state index in [2.05, 4.69) is 5.32 Å². The molecular formula is C11H16F3N3O2. The van der Waals surface area contributed by atoms with Crippen molar-refractivity contribution >= 4 is 0 Å². The molecule has 0 aliphatic rings. The summed E-state index contributed by atoms with van der Waals surface area (Å²) in [7, 11) is 2.81. The van der Waals surface area contributed by atoms with Crippen LogP contribution in [-0.4, -0.2) is 21.4 Å². The molecule has 5 nitrogen and oxygen atoms in total. The molecule has 1 heterocycles. The van der Waals surface area contributed by atoms with Gasteiger partial charge in [-0.3, -0.25) is 13.9 Å². The topological polar surface area (TPSA) is 56.0 Å². The van der Waals surface area contributed by atoms with Crippen molar-refractivity contribution in [1.29, 1.82) is 0 Å². The van der Waals surface area contributed by atoms with Crippen molar-refractivity contribution in [2.24, 2.45) is 14.1 Å². The molecule has 1 rings (SSSR count). The molecule has 19 heavy (non-hydrogen) atoms. The summed E-state index contributed by atoms with van der Waals surface area (Å²) >= 11 is 0. The maximum Gasteiger partial charge on any atom is 0.390 e. The number of rotatable bonds is 4. The lowest BCUT2D eigenvalue weighted by Crippen LogP contribution is -2.40. The van der Waals surface area contributed by atoms with E-state index in [1.165, 1.54) is 31.7 Å². The minimum Gasteiger partial charge on any atom is -0.308 e. The molecule has 1 unspecified atom stereocenters. The minimum absolute atomic E-state index is 0.0269. The van der Waals surface area contributed by atoms with E-state index >= 15 is 0 Å². The fraction of sp³-hybridized carbons (Fsp3) is 0.636. The van der Waals surface area contributed by atoms with E-state index in [0.29, 0.717) is 5.69 Å². The van der Waals surface area contributed by atoms with Gasteiger partial charge in [-0.05, 0) is 6.92 Å². The molecule has 1 aromatic rings. The van der Waals surface area contributed by atoms with E-state index in [0.717, 1.165) is 4.57 Å². The molecule has 0 fully saturated rings. The third-order valence-corrected chi connectivity index (χ3v) is 2.79. The molecule has 1 N–H and O–H groups in total. The van der Waals surface area contributed by atoms with Gasteiger partial charge in [-0.1, -0.05) is 0 Å². The number of halogens is 3. The smallest absolute Gasteiger partial charge is 0.308 e. The second kappa shape index (κ2) is 5.60. The molecule has 0 bridgehead atoms. The van der Waals surface area contributed by atoms with Crippen LogP contribution in [0.4, 0.5) is 13.2 Å². The lowest BCUT2D eigenvalue weighted by molar-refractivity contribution is -0.139. The van der Waals surface area contributed by atoms with Gasteiger partial charge in [0.05, 0.1) is 6.42 Å². The van der Waals surface area contributed by atoms with Crippen LogP contribution in [0.3, 0.4) is 0 Å². The van der Waals surface area contributed by atoms with E-state index in [9.17, 15) is 22.8 Å².